The average molecular weight is 330 g/mol. The van der Waals surface area contributed by atoms with Gasteiger partial charge in [0.15, 0.2) is 0 Å². The van der Waals surface area contributed by atoms with Gasteiger partial charge in [-0.3, -0.25) is 0 Å². The molecular formula is C4H8ClF3KNO4S2. The van der Waals surface area contributed by atoms with Crippen LogP contribution in [0.1, 0.15) is 7.85 Å². The van der Waals surface area contributed by atoms with E-state index in [1.807, 2.05) is 0 Å². The van der Waals surface area contributed by atoms with Gasteiger partial charge in [0.05, 0.1) is 5.75 Å². The van der Waals surface area contributed by atoms with E-state index in [-0.39, 0.29) is 65.1 Å². The van der Waals surface area contributed by atoms with Crippen LogP contribution in [0.4, 0.5) is 13.2 Å². The van der Waals surface area contributed by atoms with Gasteiger partial charge in [0.2, 0.25) is 10.0 Å². The van der Waals surface area contributed by atoms with E-state index in [1.165, 1.54) is 0 Å². The van der Waals surface area contributed by atoms with E-state index in [1.54, 1.807) is 0 Å². The van der Waals surface area contributed by atoms with Crippen LogP contribution in [0.2, 0.25) is 0 Å². The molecule has 0 saturated carbocycles. The second kappa shape index (κ2) is 7.24. The molecule has 1 N–H and O–H groups in total. The van der Waals surface area contributed by atoms with Crippen molar-refractivity contribution in [1.29, 1.82) is 0 Å². The van der Waals surface area contributed by atoms with Crippen LogP contribution in [-0.2, 0) is 20.0 Å². The van der Waals surface area contributed by atoms with Gasteiger partial charge in [0, 0.05) is 5.88 Å². The maximum absolute atomic E-state index is 11.7. The molecule has 0 radical (unpaired) electrons. The molecule has 0 amide bonds. The quantitative estimate of drug-likeness (QED) is 0.447. The summed E-state index contributed by atoms with van der Waals surface area (Å²) in [6.07, 6.45) is -0.149. The van der Waals surface area contributed by atoms with Crippen LogP contribution < -0.4 is 55.5 Å². The Hall–Kier alpha value is 1.58. The third kappa shape index (κ3) is 7.11. The Balaban J connectivity index is -0.000000980. The molecule has 0 aromatic carbocycles. The van der Waals surface area contributed by atoms with Crippen molar-refractivity contribution < 1.29 is 82.8 Å². The summed E-state index contributed by atoms with van der Waals surface area (Å²) in [5.74, 6) is -0.890. The maximum atomic E-state index is 11.7. The first-order valence-electron chi connectivity index (χ1n) is 3.40. The van der Waals surface area contributed by atoms with E-state index in [4.69, 9.17) is 11.6 Å². The zero-order valence-corrected chi connectivity index (χ0v) is 13.6. The number of alkyl halides is 4. The molecule has 12 heteroatoms. The topological polar surface area (TPSA) is 80.3 Å². The van der Waals surface area contributed by atoms with E-state index < -0.39 is 31.3 Å². The summed E-state index contributed by atoms with van der Waals surface area (Å²) in [7, 11) is -10.4. The predicted octanol–water partition coefficient (Wildman–Crippen LogP) is -2.50. The molecule has 0 rings (SSSR count). The molecule has 0 heterocycles. The number of hydrogen-bond donors (Lipinski definition) is 1. The van der Waals surface area contributed by atoms with Crippen molar-refractivity contribution in [3.05, 3.63) is 0 Å². The SMILES string of the molecule is O=S(=O)(CCCCl)NS(=O)(=O)C(F)(F)F.[H-].[K+]. The minimum Gasteiger partial charge on any atom is -1.00 e. The van der Waals surface area contributed by atoms with Crippen molar-refractivity contribution in [2.45, 2.75) is 11.9 Å². The maximum Gasteiger partial charge on any atom is 1.00 e. The Labute approximate surface area is 140 Å². The predicted molar refractivity (Wildman–Crippen MR) is 48.3 cm³/mol. The van der Waals surface area contributed by atoms with Gasteiger partial charge in [0.25, 0.3) is 0 Å². The summed E-state index contributed by atoms with van der Waals surface area (Å²) in [5.41, 5.74) is -5.65. The largest absolute Gasteiger partial charge is 1.00 e. The van der Waals surface area contributed by atoms with Crippen LogP contribution in [-0.4, -0.2) is 34.0 Å². The molecule has 0 aliphatic carbocycles. The van der Waals surface area contributed by atoms with E-state index in [9.17, 15) is 30.0 Å². The van der Waals surface area contributed by atoms with Crippen molar-refractivity contribution in [1.82, 2.24) is 4.13 Å². The first kappa shape index (κ1) is 19.9. The van der Waals surface area contributed by atoms with Gasteiger partial charge in [0.1, 0.15) is 0 Å². The fourth-order valence-electron chi connectivity index (χ4n) is 0.501. The molecule has 0 atom stereocenters. The molecule has 0 aliphatic heterocycles. The van der Waals surface area contributed by atoms with Crippen LogP contribution in [0, 0.1) is 0 Å². The minimum atomic E-state index is -5.87. The number of nitrogens with one attached hydrogen (secondary N) is 1. The van der Waals surface area contributed by atoms with Crippen LogP contribution in [0.5, 0.6) is 0 Å². The van der Waals surface area contributed by atoms with Gasteiger partial charge in [-0.05, 0) is 6.42 Å². The van der Waals surface area contributed by atoms with Gasteiger partial charge in [-0.15, -0.1) is 15.7 Å². The number of sulfonamides is 2. The van der Waals surface area contributed by atoms with Gasteiger partial charge in [-0.25, -0.2) is 16.8 Å². The van der Waals surface area contributed by atoms with Crippen molar-refractivity contribution in [2.24, 2.45) is 0 Å². The molecule has 16 heavy (non-hydrogen) atoms. The van der Waals surface area contributed by atoms with Crippen molar-refractivity contribution in [3.8, 4) is 0 Å². The van der Waals surface area contributed by atoms with E-state index in [0.717, 1.165) is 0 Å². The Bertz CT molecular complexity index is 411. The molecule has 0 aromatic rings. The summed E-state index contributed by atoms with van der Waals surface area (Å²) in [4.78, 5) is 0. The minimum absolute atomic E-state index is 0. The van der Waals surface area contributed by atoms with Crippen LogP contribution in [0.15, 0.2) is 0 Å². The van der Waals surface area contributed by atoms with Crippen LogP contribution in [0.25, 0.3) is 0 Å². The second-order valence-corrected chi connectivity index (χ2v) is 6.55. The summed E-state index contributed by atoms with van der Waals surface area (Å²) >= 11 is 5.10. The summed E-state index contributed by atoms with van der Waals surface area (Å²) in [6.45, 7) is 0. The molecule has 0 aliphatic rings. The molecule has 94 valence electrons. The van der Waals surface area contributed by atoms with Gasteiger partial charge < -0.3 is 1.43 Å². The second-order valence-electron chi connectivity index (χ2n) is 2.39. The first-order valence-corrected chi connectivity index (χ1v) is 7.07. The monoisotopic (exact) mass is 329 g/mol. The molecule has 0 fully saturated rings. The van der Waals surface area contributed by atoms with Crippen LogP contribution >= 0.6 is 11.6 Å². The summed E-state index contributed by atoms with van der Waals surface area (Å²) < 4.78 is 78.2. The standard InChI is InChI=1S/C4H7ClF3NO4S2.K.H/c5-2-1-3-14(10,11)9-15(12,13)4(6,7)8;;/h9H,1-3H2;;/q;+1;-1. The van der Waals surface area contributed by atoms with Gasteiger partial charge in [-0.1, -0.05) is 0 Å². The molecule has 0 aromatic heterocycles. The zero-order valence-electron chi connectivity index (χ0n) is 9.08. The van der Waals surface area contributed by atoms with Gasteiger partial charge in [-0.2, -0.15) is 13.2 Å². The molecule has 0 spiro atoms. The zero-order chi connectivity index (χ0) is 12.3. The molecule has 0 unspecified atom stereocenters. The van der Waals surface area contributed by atoms with E-state index in [0.29, 0.717) is 4.13 Å². The fraction of sp³-hybridized carbons (Fsp3) is 1.00. The Morgan fingerprint density at radius 1 is 1.19 bits per heavy atom. The Kier molecular flexibility index (Phi) is 9.00. The number of hydrogen-bond acceptors (Lipinski definition) is 4. The normalized spacial score (nSPS) is 13.2. The number of halogens is 4. The smallest absolute Gasteiger partial charge is 1.00 e. The molecule has 5 nitrogen and oxygen atoms in total. The van der Waals surface area contributed by atoms with Crippen molar-refractivity contribution in [2.75, 3.05) is 11.6 Å². The Morgan fingerprint density at radius 2 is 1.62 bits per heavy atom. The molecule has 0 saturated heterocycles. The Morgan fingerprint density at radius 3 is 1.94 bits per heavy atom. The van der Waals surface area contributed by atoms with Crippen molar-refractivity contribution in [3.63, 3.8) is 0 Å². The average Bonchev–Trinajstić information content (AvgIpc) is 1.96. The van der Waals surface area contributed by atoms with Crippen LogP contribution in [0.3, 0.4) is 0 Å². The first-order chi connectivity index (χ1) is 6.52. The summed E-state index contributed by atoms with van der Waals surface area (Å²) in [6, 6.07) is 0. The molecular weight excluding hydrogens is 322 g/mol. The van der Waals surface area contributed by atoms with E-state index >= 15 is 0 Å². The van der Waals surface area contributed by atoms with Gasteiger partial charge >= 0.3 is 66.9 Å². The third-order valence-electron chi connectivity index (χ3n) is 1.09. The van der Waals surface area contributed by atoms with Crippen molar-refractivity contribution >= 4 is 31.6 Å². The fourth-order valence-corrected chi connectivity index (χ4v) is 3.37. The summed E-state index contributed by atoms with van der Waals surface area (Å²) in [5, 5.41) is 0. The molecule has 0 bridgehead atoms. The third-order valence-corrected chi connectivity index (χ3v) is 4.68. The number of rotatable bonds is 5. The van der Waals surface area contributed by atoms with E-state index in [2.05, 4.69) is 0 Å².